The highest BCUT2D eigenvalue weighted by Gasteiger charge is 2.70. The number of hydrogen-bond acceptors (Lipinski definition) is 5. The van der Waals surface area contributed by atoms with Crippen LogP contribution < -0.4 is 5.32 Å². The van der Waals surface area contributed by atoms with E-state index in [-0.39, 0.29) is 51.3 Å². The Bertz CT molecular complexity index is 1260. The first kappa shape index (κ1) is 28.1. The number of nitrogens with one attached hydrogen (secondary N) is 1. The Morgan fingerprint density at radius 1 is 0.975 bits per heavy atom. The van der Waals surface area contributed by atoms with E-state index in [4.69, 9.17) is 0 Å². The summed E-state index contributed by atoms with van der Waals surface area (Å²) in [5.41, 5.74) is 2.29. The van der Waals surface area contributed by atoms with Gasteiger partial charge in [-0.2, -0.15) is 0 Å². The van der Waals surface area contributed by atoms with Crippen LogP contribution in [0.3, 0.4) is 0 Å². The van der Waals surface area contributed by atoms with E-state index >= 15 is 0 Å². The second-order valence-corrected chi connectivity index (χ2v) is 15.7. The molecule has 4 fully saturated rings. The van der Waals surface area contributed by atoms with Gasteiger partial charge in [0.05, 0.1) is 11.6 Å². The molecule has 6 rings (SSSR count). The summed E-state index contributed by atoms with van der Waals surface area (Å²) in [4.78, 5) is 35.4. The molecule has 1 heterocycles. The lowest BCUT2D eigenvalue weighted by Crippen LogP contribution is -2.67. The number of carbonyl (C=O) groups is 2. The molecule has 1 aromatic heterocycles. The minimum atomic E-state index is -0.621. The molecular formula is C34H49N3O3. The number of aliphatic hydroxyl groups is 1. The van der Waals surface area contributed by atoms with Crippen LogP contribution in [0.15, 0.2) is 29.7 Å². The summed E-state index contributed by atoms with van der Waals surface area (Å²) in [6.07, 6.45) is 11.5. The third-order valence-corrected chi connectivity index (χ3v) is 13.6. The molecule has 0 spiro atoms. The highest BCUT2D eigenvalue weighted by molar-refractivity contribution is 6.03. The Kier molecular flexibility index (Phi) is 6.28. The zero-order chi connectivity index (χ0) is 28.9. The largest absolute Gasteiger partial charge is 0.393 e. The van der Waals surface area contributed by atoms with Crippen molar-refractivity contribution >= 4 is 11.7 Å². The summed E-state index contributed by atoms with van der Waals surface area (Å²) in [6, 6.07) is 1.65. The molecule has 6 nitrogen and oxygen atoms in total. The molecule has 218 valence electrons. The third kappa shape index (κ3) is 3.56. The number of aliphatic hydroxyl groups excluding tert-OH is 1. The second-order valence-electron chi connectivity index (χ2n) is 15.7. The average molecular weight is 548 g/mol. The molecule has 5 aliphatic carbocycles. The molecule has 8 atom stereocenters. The molecule has 6 heteroatoms. The van der Waals surface area contributed by atoms with Crippen molar-refractivity contribution in [3.63, 3.8) is 0 Å². The first-order valence-electron chi connectivity index (χ1n) is 15.8. The second kappa shape index (κ2) is 8.96. The van der Waals surface area contributed by atoms with Crippen LogP contribution in [0.5, 0.6) is 0 Å². The van der Waals surface area contributed by atoms with E-state index in [9.17, 15) is 14.7 Å². The van der Waals surface area contributed by atoms with E-state index in [1.54, 1.807) is 12.3 Å². The number of rotatable bonds is 3. The lowest BCUT2D eigenvalue weighted by Gasteiger charge is -2.72. The highest BCUT2D eigenvalue weighted by atomic mass is 16.3. The zero-order valence-electron chi connectivity index (χ0n) is 25.6. The van der Waals surface area contributed by atoms with Crippen molar-refractivity contribution in [1.29, 1.82) is 0 Å². The predicted molar refractivity (Wildman–Crippen MR) is 155 cm³/mol. The molecule has 1 amide bonds. The van der Waals surface area contributed by atoms with Gasteiger partial charge in [0.25, 0.3) is 5.91 Å². The highest BCUT2D eigenvalue weighted by Crippen LogP contribution is 2.75. The average Bonchev–Trinajstić information content (AvgIpc) is 3.19. The minimum absolute atomic E-state index is 0.0489. The Balaban J connectivity index is 1.41. The molecule has 0 bridgehead atoms. The number of hydrogen-bond donors (Lipinski definition) is 2. The molecule has 0 radical (unpaired) electrons. The van der Waals surface area contributed by atoms with Gasteiger partial charge in [0.2, 0.25) is 0 Å². The van der Waals surface area contributed by atoms with Gasteiger partial charge in [0.1, 0.15) is 12.0 Å². The number of allylic oxidation sites excluding steroid dienone is 1. The molecule has 3 unspecified atom stereocenters. The van der Waals surface area contributed by atoms with Crippen molar-refractivity contribution in [2.75, 3.05) is 0 Å². The van der Waals surface area contributed by atoms with Gasteiger partial charge in [-0.3, -0.25) is 9.59 Å². The standard InChI is InChI=1S/C34H49N3O3/c1-20(2)27-23(38)18-34(37-29(40)22-12-17-35-19-36-22)16-15-32(6)21(28(27)34)8-9-25-31(5)13-11-26(39)30(3,4)24(31)10-14-33(25,32)7/h12,17,19-21,24-26,39H,8-11,13-16,18H2,1-7H3,(H,37,40)/t21?,24?,25?,26-,31-,32+,33+,34+/m0/s1. The number of amides is 1. The monoisotopic (exact) mass is 547 g/mol. The molecular weight excluding hydrogens is 498 g/mol. The van der Waals surface area contributed by atoms with Crippen molar-refractivity contribution < 1.29 is 14.7 Å². The summed E-state index contributed by atoms with van der Waals surface area (Å²) >= 11 is 0. The van der Waals surface area contributed by atoms with Crippen molar-refractivity contribution in [1.82, 2.24) is 15.3 Å². The van der Waals surface area contributed by atoms with Crippen LogP contribution >= 0.6 is 0 Å². The molecule has 0 saturated heterocycles. The van der Waals surface area contributed by atoms with Crippen LogP contribution in [0.25, 0.3) is 0 Å². The predicted octanol–water partition coefficient (Wildman–Crippen LogP) is 6.30. The fourth-order valence-electron chi connectivity index (χ4n) is 11.4. The molecule has 2 N–H and O–H groups in total. The van der Waals surface area contributed by atoms with Gasteiger partial charge in [0, 0.05) is 12.6 Å². The van der Waals surface area contributed by atoms with Gasteiger partial charge in [-0.25, -0.2) is 9.97 Å². The third-order valence-electron chi connectivity index (χ3n) is 13.6. The van der Waals surface area contributed by atoms with Gasteiger partial charge in [-0.1, -0.05) is 48.5 Å². The molecule has 0 aliphatic heterocycles. The smallest absolute Gasteiger partial charge is 0.270 e. The van der Waals surface area contributed by atoms with Gasteiger partial charge in [-0.15, -0.1) is 0 Å². The lowest BCUT2D eigenvalue weighted by molar-refractivity contribution is -0.226. The first-order valence-corrected chi connectivity index (χ1v) is 15.8. The van der Waals surface area contributed by atoms with Crippen LogP contribution in [0.4, 0.5) is 0 Å². The van der Waals surface area contributed by atoms with Crippen LogP contribution in [0.1, 0.15) is 117 Å². The first-order chi connectivity index (χ1) is 18.7. The van der Waals surface area contributed by atoms with Gasteiger partial charge < -0.3 is 10.4 Å². The quantitative estimate of drug-likeness (QED) is 0.463. The summed E-state index contributed by atoms with van der Waals surface area (Å²) in [5.74, 6) is 1.52. The van der Waals surface area contributed by atoms with E-state index in [1.165, 1.54) is 18.3 Å². The number of Topliss-reactive ketones (excluding diaryl/α,β-unsaturated/α-hetero) is 1. The summed E-state index contributed by atoms with van der Waals surface area (Å²) in [7, 11) is 0. The van der Waals surface area contributed by atoms with Gasteiger partial charge in [0.15, 0.2) is 5.78 Å². The van der Waals surface area contributed by atoms with Crippen LogP contribution in [-0.4, -0.2) is 38.4 Å². The summed E-state index contributed by atoms with van der Waals surface area (Å²) < 4.78 is 0. The van der Waals surface area contributed by atoms with Crippen molar-refractivity contribution in [3.05, 3.63) is 35.4 Å². The normalized spacial score (nSPS) is 44.0. The Morgan fingerprint density at radius 3 is 2.40 bits per heavy atom. The van der Waals surface area contributed by atoms with E-state index in [1.807, 2.05) is 0 Å². The van der Waals surface area contributed by atoms with Crippen molar-refractivity contribution in [2.45, 2.75) is 118 Å². The number of fused-ring (bicyclic) bond motifs is 7. The molecule has 5 aliphatic rings. The number of ketones is 1. The molecule has 1 aromatic rings. The van der Waals surface area contributed by atoms with E-state index in [0.29, 0.717) is 24.0 Å². The number of carbonyl (C=O) groups excluding carboxylic acids is 2. The maximum atomic E-state index is 13.7. The maximum Gasteiger partial charge on any atom is 0.270 e. The Labute approximate surface area is 240 Å². The fourth-order valence-corrected chi connectivity index (χ4v) is 11.4. The Morgan fingerprint density at radius 2 is 1.73 bits per heavy atom. The lowest BCUT2D eigenvalue weighted by atomic mass is 9.33. The van der Waals surface area contributed by atoms with E-state index in [2.05, 4.69) is 63.8 Å². The fraction of sp³-hybridized carbons (Fsp3) is 0.765. The SMILES string of the molecule is CC(C)C1=C2C3CCC4[C@@]5(C)CC[C@H](O)C(C)(C)C5CC[C@@]4(C)[C@]3(C)CC[C@@]2(NC(=O)c2ccncn2)CC1=O. The molecule has 0 aromatic carbocycles. The maximum absolute atomic E-state index is 13.7. The van der Waals surface area contributed by atoms with E-state index < -0.39 is 5.54 Å². The summed E-state index contributed by atoms with van der Waals surface area (Å²) in [5, 5.41) is 14.4. The summed E-state index contributed by atoms with van der Waals surface area (Å²) in [6.45, 7) is 16.5. The van der Waals surface area contributed by atoms with E-state index in [0.717, 1.165) is 50.5 Å². The van der Waals surface area contributed by atoms with Gasteiger partial charge >= 0.3 is 0 Å². The Hall–Kier alpha value is -2.08. The number of aromatic nitrogens is 2. The zero-order valence-corrected chi connectivity index (χ0v) is 25.6. The van der Waals surface area contributed by atoms with Crippen molar-refractivity contribution in [2.24, 2.45) is 45.3 Å². The van der Waals surface area contributed by atoms with Crippen LogP contribution in [0, 0.1) is 45.3 Å². The van der Waals surface area contributed by atoms with Gasteiger partial charge in [-0.05, 0) is 114 Å². The number of nitrogens with zero attached hydrogens (tertiary/aromatic N) is 2. The van der Waals surface area contributed by atoms with Crippen molar-refractivity contribution in [3.8, 4) is 0 Å². The molecule has 40 heavy (non-hydrogen) atoms. The topological polar surface area (TPSA) is 92.2 Å². The van der Waals surface area contributed by atoms with Crippen LogP contribution in [-0.2, 0) is 4.79 Å². The molecule has 4 saturated carbocycles. The van der Waals surface area contributed by atoms with Crippen LogP contribution in [0.2, 0.25) is 0 Å². The minimum Gasteiger partial charge on any atom is -0.393 e.